The van der Waals surface area contributed by atoms with Gasteiger partial charge in [-0.25, -0.2) is 4.98 Å². The van der Waals surface area contributed by atoms with Gasteiger partial charge in [0.1, 0.15) is 5.82 Å². The highest BCUT2D eigenvalue weighted by Crippen LogP contribution is 2.24. The SMILES string of the molecule is Cc1ccc(C(=O)N(CCC(C)C)Cc2nc3ccccc3n2-c2ccccc2)s1. The summed E-state index contributed by atoms with van der Waals surface area (Å²) in [4.78, 5) is 22.1. The topological polar surface area (TPSA) is 38.1 Å². The van der Waals surface area contributed by atoms with Gasteiger partial charge in [0.15, 0.2) is 0 Å². The summed E-state index contributed by atoms with van der Waals surface area (Å²) in [5, 5.41) is 0. The van der Waals surface area contributed by atoms with Crippen LogP contribution in [0.15, 0.2) is 66.7 Å². The van der Waals surface area contributed by atoms with Gasteiger partial charge in [-0.1, -0.05) is 44.2 Å². The third-order valence-electron chi connectivity index (χ3n) is 5.19. The maximum atomic E-state index is 13.3. The predicted molar refractivity (Wildman–Crippen MR) is 124 cm³/mol. The molecular weight excluding hydrogens is 390 g/mol. The summed E-state index contributed by atoms with van der Waals surface area (Å²) in [6, 6.07) is 22.3. The molecule has 2 aromatic heterocycles. The fourth-order valence-corrected chi connectivity index (χ4v) is 4.43. The van der Waals surface area contributed by atoms with E-state index in [0.29, 0.717) is 19.0 Å². The van der Waals surface area contributed by atoms with Crippen LogP contribution in [-0.4, -0.2) is 26.9 Å². The van der Waals surface area contributed by atoms with Crippen molar-refractivity contribution < 1.29 is 4.79 Å². The molecule has 2 heterocycles. The lowest BCUT2D eigenvalue weighted by Gasteiger charge is -2.23. The Bertz CT molecular complexity index is 1140. The number of aryl methyl sites for hydroxylation is 1. The summed E-state index contributed by atoms with van der Waals surface area (Å²) < 4.78 is 2.17. The van der Waals surface area contributed by atoms with Crippen LogP contribution in [0.25, 0.3) is 16.7 Å². The van der Waals surface area contributed by atoms with E-state index in [1.54, 1.807) is 11.3 Å². The van der Waals surface area contributed by atoms with Crippen LogP contribution in [0, 0.1) is 12.8 Å². The number of carbonyl (C=O) groups excluding carboxylic acids is 1. The van der Waals surface area contributed by atoms with Gasteiger partial charge in [0.25, 0.3) is 5.91 Å². The zero-order valence-electron chi connectivity index (χ0n) is 17.7. The zero-order chi connectivity index (χ0) is 21.1. The quantitative estimate of drug-likeness (QED) is 0.365. The highest BCUT2D eigenvalue weighted by molar-refractivity contribution is 7.13. The summed E-state index contributed by atoms with van der Waals surface area (Å²) in [6.07, 6.45) is 0.960. The van der Waals surface area contributed by atoms with E-state index in [2.05, 4.69) is 36.6 Å². The standard InChI is InChI=1S/C25H27N3OS/c1-18(2)15-16-27(25(29)23-14-13-19(3)30-23)17-24-26-21-11-7-8-12-22(21)28(24)20-9-5-4-6-10-20/h4-14,18H,15-17H2,1-3H3. The van der Waals surface area contributed by atoms with E-state index in [0.717, 1.165) is 38.7 Å². The third-order valence-corrected chi connectivity index (χ3v) is 6.18. The monoisotopic (exact) mass is 417 g/mol. The number of hydrogen-bond acceptors (Lipinski definition) is 3. The molecule has 0 aliphatic heterocycles. The van der Waals surface area contributed by atoms with Crippen LogP contribution in [0.5, 0.6) is 0 Å². The van der Waals surface area contributed by atoms with Crippen LogP contribution in [0.3, 0.4) is 0 Å². The van der Waals surface area contributed by atoms with Gasteiger partial charge in [0.05, 0.1) is 22.5 Å². The molecule has 0 spiro atoms. The molecule has 2 aromatic carbocycles. The molecule has 0 fully saturated rings. The number of fused-ring (bicyclic) bond motifs is 1. The molecule has 0 N–H and O–H groups in total. The van der Waals surface area contributed by atoms with Crippen molar-refractivity contribution in [1.29, 1.82) is 0 Å². The normalized spacial score (nSPS) is 11.3. The van der Waals surface area contributed by atoms with Crippen LogP contribution < -0.4 is 0 Å². The van der Waals surface area contributed by atoms with Crippen molar-refractivity contribution in [2.45, 2.75) is 33.7 Å². The lowest BCUT2D eigenvalue weighted by atomic mass is 10.1. The summed E-state index contributed by atoms with van der Waals surface area (Å²) in [6.45, 7) is 7.61. The molecule has 4 nitrogen and oxygen atoms in total. The number of benzene rings is 2. The Morgan fingerprint density at radius 3 is 2.47 bits per heavy atom. The van der Waals surface area contributed by atoms with Crippen molar-refractivity contribution in [2.24, 2.45) is 5.92 Å². The Balaban J connectivity index is 1.74. The fraction of sp³-hybridized carbons (Fsp3) is 0.280. The average Bonchev–Trinajstić information content (AvgIpc) is 3.34. The average molecular weight is 418 g/mol. The second-order valence-electron chi connectivity index (χ2n) is 8.01. The predicted octanol–water partition coefficient (Wildman–Crippen LogP) is 6.08. The second-order valence-corrected chi connectivity index (χ2v) is 9.30. The molecule has 0 atom stereocenters. The number of para-hydroxylation sites is 3. The van der Waals surface area contributed by atoms with Crippen molar-refractivity contribution >= 4 is 28.3 Å². The number of carbonyl (C=O) groups is 1. The molecule has 30 heavy (non-hydrogen) atoms. The van der Waals surface area contributed by atoms with E-state index in [9.17, 15) is 4.79 Å². The molecule has 0 saturated carbocycles. The number of hydrogen-bond donors (Lipinski definition) is 0. The number of aromatic nitrogens is 2. The number of amides is 1. The Kier molecular flexibility index (Phi) is 6.00. The van der Waals surface area contributed by atoms with Crippen LogP contribution in [-0.2, 0) is 6.54 Å². The van der Waals surface area contributed by atoms with Crippen LogP contribution >= 0.6 is 11.3 Å². The fourth-order valence-electron chi connectivity index (χ4n) is 3.59. The van der Waals surface area contributed by atoms with Crippen molar-refractivity contribution in [2.75, 3.05) is 6.54 Å². The summed E-state index contributed by atoms with van der Waals surface area (Å²) in [5.41, 5.74) is 3.06. The highest BCUT2D eigenvalue weighted by Gasteiger charge is 2.22. The smallest absolute Gasteiger partial charge is 0.264 e. The summed E-state index contributed by atoms with van der Waals surface area (Å²) >= 11 is 1.56. The van der Waals surface area contributed by atoms with Gasteiger partial charge in [-0.2, -0.15) is 0 Å². The summed E-state index contributed by atoms with van der Waals surface area (Å²) in [7, 11) is 0. The van der Waals surface area contributed by atoms with Crippen molar-refractivity contribution in [3.05, 3.63) is 82.3 Å². The van der Waals surface area contributed by atoms with Crippen molar-refractivity contribution in [1.82, 2.24) is 14.5 Å². The first-order valence-corrected chi connectivity index (χ1v) is 11.2. The Labute approximate surface area is 181 Å². The second kappa shape index (κ2) is 8.84. The van der Waals surface area contributed by atoms with Crippen LogP contribution in [0.1, 0.15) is 40.6 Å². The molecule has 4 rings (SSSR count). The van der Waals surface area contributed by atoms with E-state index in [-0.39, 0.29) is 5.91 Å². The van der Waals surface area contributed by atoms with Gasteiger partial charge >= 0.3 is 0 Å². The van der Waals surface area contributed by atoms with Crippen molar-refractivity contribution in [3.8, 4) is 5.69 Å². The Hall–Kier alpha value is -2.92. The molecule has 1 amide bonds. The molecular formula is C25H27N3OS. The molecule has 0 aliphatic carbocycles. The Morgan fingerprint density at radius 2 is 1.77 bits per heavy atom. The van der Waals surface area contributed by atoms with E-state index >= 15 is 0 Å². The first kappa shape index (κ1) is 20.4. The van der Waals surface area contributed by atoms with Gasteiger partial charge in [0.2, 0.25) is 0 Å². The van der Waals surface area contributed by atoms with Gasteiger partial charge in [-0.3, -0.25) is 9.36 Å². The van der Waals surface area contributed by atoms with E-state index in [1.807, 2.05) is 60.4 Å². The molecule has 154 valence electrons. The molecule has 0 bridgehead atoms. The lowest BCUT2D eigenvalue weighted by Crippen LogP contribution is -2.32. The minimum Gasteiger partial charge on any atom is -0.330 e. The highest BCUT2D eigenvalue weighted by atomic mass is 32.1. The minimum atomic E-state index is 0.0837. The van der Waals surface area contributed by atoms with E-state index in [4.69, 9.17) is 4.98 Å². The van der Waals surface area contributed by atoms with Crippen molar-refractivity contribution in [3.63, 3.8) is 0 Å². The molecule has 0 saturated heterocycles. The van der Waals surface area contributed by atoms with E-state index < -0.39 is 0 Å². The zero-order valence-corrected chi connectivity index (χ0v) is 18.5. The number of thiophene rings is 1. The Morgan fingerprint density at radius 1 is 1.03 bits per heavy atom. The number of nitrogens with zero attached hydrogens (tertiary/aromatic N) is 3. The number of imidazole rings is 1. The largest absolute Gasteiger partial charge is 0.330 e. The van der Waals surface area contributed by atoms with Gasteiger partial charge in [0, 0.05) is 17.1 Å². The molecule has 5 heteroatoms. The van der Waals surface area contributed by atoms with Crippen LogP contribution in [0.4, 0.5) is 0 Å². The first-order chi connectivity index (χ1) is 14.5. The van der Waals surface area contributed by atoms with Gasteiger partial charge in [-0.15, -0.1) is 11.3 Å². The maximum Gasteiger partial charge on any atom is 0.264 e. The molecule has 0 radical (unpaired) electrons. The molecule has 0 unspecified atom stereocenters. The van der Waals surface area contributed by atoms with Gasteiger partial charge < -0.3 is 4.90 Å². The van der Waals surface area contributed by atoms with Gasteiger partial charge in [-0.05, 0) is 55.7 Å². The third kappa shape index (κ3) is 4.31. The first-order valence-electron chi connectivity index (χ1n) is 10.4. The van der Waals surface area contributed by atoms with E-state index in [1.165, 1.54) is 0 Å². The number of rotatable bonds is 7. The molecule has 4 aromatic rings. The molecule has 0 aliphatic rings. The van der Waals surface area contributed by atoms with Crippen LogP contribution in [0.2, 0.25) is 0 Å². The summed E-state index contributed by atoms with van der Waals surface area (Å²) in [5.74, 6) is 1.49. The lowest BCUT2D eigenvalue weighted by molar-refractivity contribution is 0.0735. The maximum absolute atomic E-state index is 13.3. The minimum absolute atomic E-state index is 0.0837.